The molecule has 8 heteroatoms. The number of β-amino-alcohol motifs (C(OH)–C–C–N with tert-alkyl or cyclic N) is 1. The van der Waals surface area contributed by atoms with E-state index in [1.165, 1.54) is 11.8 Å². The molecular weight excluding hydrogens is 592 g/mol. The topological polar surface area (TPSA) is 103 Å². The normalized spacial score (nSPS) is 27.2. The van der Waals surface area contributed by atoms with Gasteiger partial charge >= 0.3 is 0 Å². The van der Waals surface area contributed by atoms with E-state index in [2.05, 4.69) is 37.0 Å². The smallest absolute Gasteiger partial charge is 0.289 e. The molecule has 0 radical (unpaired) electrons. The van der Waals surface area contributed by atoms with Gasteiger partial charge in [-0.25, -0.2) is 0 Å². The summed E-state index contributed by atoms with van der Waals surface area (Å²) in [7, 11) is 1.61. The molecule has 1 saturated carbocycles. The van der Waals surface area contributed by atoms with E-state index in [1.807, 2.05) is 23.1 Å². The SMILES string of the molecule is COc1ccc(C(=O)c2cc3ccc2C2CCC(O)(CN4CCN(C(=O)c5ccco5)CC4)C2(C)CCC=C(C)CCC(O)C3)cc1. The van der Waals surface area contributed by atoms with Gasteiger partial charge in [0, 0.05) is 49.3 Å². The van der Waals surface area contributed by atoms with Crippen molar-refractivity contribution >= 4 is 11.7 Å². The highest BCUT2D eigenvalue weighted by Crippen LogP contribution is 2.59. The second-order valence-corrected chi connectivity index (χ2v) is 14.1. The predicted molar refractivity (Wildman–Crippen MR) is 181 cm³/mol. The van der Waals surface area contributed by atoms with Gasteiger partial charge in [0.2, 0.25) is 0 Å². The Hall–Kier alpha value is -3.72. The molecule has 4 atom stereocenters. The molecule has 4 aliphatic rings. The van der Waals surface area contributed by atoms with Crippen molar-refractivity contribution < 1.29 is 29.0 Å². The monoisotopic (exact) mass is 640 g/mol. The number of nitrogens with zero attached hydrogens (tertiary/aromatic N) is 2. The van der Waals surface area contributed by atoms with Crippen LogP contribution in [-0.4, -0.2) is 83.2 Å². The number of carbonyl (C=O) groups is 2. The third kappa shape index (κ3) is 6.82. The van der Waals surface area contributed by atoms with Crippen LogP contribution >= 0.6 is 0 Å². The maximum Gasteiger partial charge on any atom is 0.289 e. The Bertz CT molecular complexity index is 1590. The molecule has 2 N–H and O–H groups in total. The number of furan rings is 1. The minimum atomic E-state index is -0.987. The van der Waals surface area contributed by atoms with Gasteiger partial charge in [-0.1, -0.05) is 30.7 Å². The van der Waals surface area contributed by atoms with Gasteiger partial charge in [0.1, 0.15) is 5.75 Å². The van der Waals surface area contributed by atoms with E-state index in [0.717, 1.165) is 36.8 Å². The van der Waals surface area contributed by atoms with Gasteiger partial charge in [-0.05, 0) is 111 Å². The fourth-order valence-electron chi connectivity index (χ4n) is 8.13. The first kappa shape index (κ1) is 33.2. The Kier molecular flexibility index (Phi) is 9.74. The van der Waals surface area contributed by atoms with Gasteiger partial charge in [-0.2, -0.15) is 0 Å². The van der Waals surface area contributed by atoms with Crippen LogP contribution in [0.2, 0.25) is 0 Å². The number of ether oxygens (including phenoxy) is 1. The van der Waals surface area contributed by atoms with Crippen molar-refractivity contribution in [2.75, 3.05) is 39.8 Å². The molecule has 4 unspecified atom stereocenters. The Labute approximate surface area is 278 Å². The molecule has 2 heterocycles. The lowest BCUT2D eigenvalue weighted by Gasteiger charge is -2.47. The van der Waals surface area contributed by atoms with Gasteiger partial charge in [0.05, 0.1) is 25.1 Å². The number of methoxy groups -OCH3 is 1. The van der Waals surface area contributed by atoms with Crippen molar-refractivity contribution in [3.63, 3.8) is 0 Å². The predicted octanol–water partition coefficient (Wildman–Crippen LogP) is 6.02. The maximum absolute atomic E-state index is 14.2. The Morgan fingerprint density at radius 1 is 1.02 bits per heavy atom. The number of piperazine rings is 1. The quantitative estimate of drug-likeness (QED) is 0.251. The zero-order valence-corrected chi connectivity index (χ0v) is 27.9. The third-order valence-electron chi connectivity index (χ3n) is 11.1. The van der Waals surface area contributed by atoms with Gasteiger partial charge in [-0.3, -0.25) is 14.5 Å². The van der Waals surface area contributed by atoms with E-state index in [1.54, 1.807) is 31.4 Å². The molecule has 3 aliphatic carbocycles. The molecule has 250 valence electrons. The highest BCUT2D eigenvalue weighted by atomic mass is 16.5. The molecule has 1 aliphatic heterocycles. The highest BCUT2D eigenvalue weighted by Gasteiger charge is 2.57. The number of rotatable bonds is 6. The summed E-state index contributed by atoms with van der Waals surface area (Å²) in [6.07, 6.45) is 8.20. The maximum atomic E-state index is 14.2. The van der Waals surface area contributed by atoms with Crippen molar-refractivity contribution in [2.45, 2.75) is 76.4 Å². The largest absolute Gasteiger partial charge is 0.497 e. The zero-order chi connectivity index (χ0) is 33.2. The lowest BCUT2D eigenvalue weighted by atomic mass is 9.64. The summed E-state index contributed by atoms with van der Waals surface area (Å²) in [5.74, 6) is 0.849. The van der Waals surface area contributed by atoms with E-state index in [-0.39, 0.29) is 17.6 Å². The van der Waals surface area contributed by atoms with Crippen LogP contribution in [0, 0.1) is 5.41 Å². The number of aliphatic hydroxyl groups excluding tert-OH is 1. The summed E-state index contributed by atoms with van der Waals surface area (Å²) in [5, 5.41) is 23.6. The van der Waals surface area contributed by atoms with E-state index in [4.69, 9.17) is 9.15 Å². The van der Waals surface area contributed by atoms with Crippen molar-refractivity contribution in [1.29, 1.82) is 0 Å². The number of amides is 1. The summed E-state index contributed by atoms with van der Waals surface area (Å²) in [6.45, 7) is 7.35. The van der Waals surface area contributed by atoms with Crippen LogP contribution in [0.15, 0.2) is 76.9 Å². The molecule has 1 amide bonds. The molecule has 0 spiro atoms. The molecule has 8 nitrogen and oxygen atoms in total. The van der Waals surface area contributed by atoms with Gasteiger partial charge < -0.3 is 24.3 Å². The van der Waals surface area contributed by atoms with Crippen molar-refractivity contribution in [3.8, 4) is 5.75 Å². The average Bonchev–Trinajstić information content (AvgIpc) is 3.70. The summed E-state index contributed by atoms with van der Waals surface area (Å²) in [4.78, 5) is 31.2. The number of fused-ring (bicyclic) bond motifs is 8. The number of ketones is 1. The Morgan fingerprint density at radius 3 is 2.49 bits per heavy atom. The lowest BCUT2D eigenvalue weighted by molar-refractivity contribution is -0.0876. The van der Waals surface area contributed by atoms with Gasteiger partial charge in [0.25, 0.3) is 5.91 Å². The first-order chi connectivity index (χ1) is 22.6. The molecule has 3 aromatic rings. The molecule has 1 saturated heterocycles. The Morgan fingerprint density at radius 2 is 1.79 bits per heavy atom. The number of hydrogen-bond acceptors (Lipinski definition) is 7. The van der Waals surface area contributed by atoms with E-state index in [9.17, 15) is 19.8 Å². The van der Waals surface area contributed by atoms with Crippen LogP contribution in [0.1, 0.15) is 95.9 Å². The summed E-state index contributed by atoms with van der Waals surface area (Å²) < 4.78 is 10.7. The van der Waals surface area contributed by atoms with E-state index in [0.29, 0.717) is 74.6 Å². The molecule has 2 aromatic carbocycles. The van der Waals surface area contributed by atoms with Gasteiger partial charge in [-0.15, -0.1) is 0 Å². The van der Waals surface area contributed by atoms with Crippen LogP contribution in [-0.2, 0) is 6.42 Å². The second-order valence-electron chi connectivity index (χ2n) is 14.1. The van der Waals surface area contributed by atoms with Crippen molar-refractivity contribution in [3.05, 3.63) is 101 Å². The standard InChI is InChI=1S/C39H48N2O6/c1-27-6-4-17-38(2)34(16-18-39(38,45)26-40-19-21-41(22-20-40)37(44)35-7-5-23-47-35)32-15-9-28(24-30(42)12-8-27)25-33(32)36(43)29-10-13-31(46-3)14-11-29/h5-7,9-11,13-15,23,25,30,34,42,45H,4,8,12,16-22,24,26H2,1-3H3. The molecule has 47 heavy (non-hydrogen) atoms. The van der Waals surface area contributed by atoms with Crippen molar-refractivity contribution in [1.82, 2.24) is 9.80 Å². The number of allylic oxidation sites excluding steroid dienone is 2. The zero-order valence-electron chi connectivity index (χ0n) is 27.9. The summed E-state index contributed by atoms with van der Waals surface area (Å²) in [5.41, 5.74) is 2.90. The molecule has 1 aromatic heterocycles. The number of aliphatic hydroxyl groups is 2. The fraction of sp³-hybridized carbons (Fsp3) is 0.487. The second kappa shape index (κ2) is 13.8. The summed E-state index contributed by atoms with van der Waals surface area (Å²) in [6, 6.07) is 16.8. The first-order valence-electron chi connectivity index (χ1n) is 17.0. The van der Waals surface area contributed by atoms with Crippen molar-refractivity contribution in [2.24, 2.45) is 5.41 Å². The minimum Gasteiger partial charge on any atom is -0.497 e. The van der Waals surface area contributed by atoms with Crippen LogP contribution in [0.4, 0.5) is 0 Å². The molecule has 7 rings (SSSR count). The first-order valence-corrected chi connectivity index (χ1v) is 17.0. The van der Waals surface area contributed by atoms with Crippen LogP contribution in [0.25, 0.3) is 0 Å². The average molecular weight is 641 g/mol. The molecule has 2 bridgehead atoms. The third-order valence-corrected chi connectivity index (χ3v) is 11.1. The van der Waals surface area contributed by atoms with Crippen LogP contribution < -0.4 is 4.74 Å². The number of benzene rings is 2. The van der Waals surface area contributed by atoms with Crippen LogP contribution in [0.5, 0.6) is 5.75 Å². The highest BCUT2D eigenvalue weighted by molar-refractivity contribution is 6.10. The van der Waals surface area contributed by atoms with E-state index < -0.39 is 17.1 Å². The number of hydrogen-bond donors (Lipinski definition) is 2. The van der Waals surface area contributed by atoms with Crippen LogP contribution in [0.3, 0.4) is 0 Å². The fourth-order valence-corrected chi connectivity index (χ4v) is 8.13. The lowest BCUT2D eigenvalue weighted by Crippen LogP contribution is -2.57. The number of carbonyl (C=O) groups excluding carboxylic acids is 2. The van der Waals surface area contributed by atoms with Gasteiger partial charge in [0.15, 0.2) is 11.5 Å². The summed E-state index contributed by atoms with van der Waals surface area (Å²) >= 11 is 0. The molecular formula is C39H48N2O6. The minimum absolute atomic E-state index is 0.0397. The Balaban J connectivity index is 1.32. The van der Waals surface area contributed by atoms with E-state index >= 15 is 0 Å². The molecule has 2 fully saturated rings.